The van der Waals surface area contributed by atoms with E-state index in [0.717, 1.165) is 15.7 Å². The zero-order chi connectivity index (χ0) is 25.7. The Labute approximate surface area is 227 Å². The molecule has 0 aromatic heterocycles. The number of nitrogens with zero attached hydrogens (tertiary/aromatic N) is 2. The molecule has 0 unspecified atom stereocenters. The maximum atomic E-state index is 12.6. The van der Waals surface area contributed by atoms with Crippen LogP contribution in [0.25, 0.3) is 0 Å². The Morgan fingerprint density at radius 1 is 1.11 bits per heavy atom. The number of nitrogens with one attached hydrogen (secondary N) is 1. The molecule has 1 N–H and O–H groups in total. The number of halogens is 3. The van der Waals surface area contributed by atoms with Crippen LogP contribution >= 0.6 is 39.1 Å². The van der Waals surface area contributed by atoms with Gasteiger partial charge in [-0.3, -0.25) is 9.59 Å². The fraction of sp³-hybridized carbons (Fsp3) is 0.192. The number of ether oxygens (including phenoxy) is 2. The predicted molar refractivity (Wildman–Crippen MR) is 144 cm³/mol. The van der Waals surface area contributed by atoms with Gasteiger partial charge in [0.15, 0.2) is 11.5 Å². The lowest BCUT2D eigenvalue weighted by Gasteiger charge is -2.16. The summed E-state index contributed by atoms with van der Waals surface area (Å²) in [4.78, 5) is 26.6. The minimum Gasteiger partial charge on any atom is -0.493 e. The standard InChI is InChI=1S/C26H22BrCl2N3O4/c1-35-24-11-16(3-9-23(24)36-15-17-2-8-21(28)22(29)10-17)13-30-31-26(34)18-12-25(33)32(14-18)20-6-4-19(27)5-7-20/h2-11,13,18H,12,14-15H2,1H3,(H,31,34)/b30-13-/t18-/m0/s1. The predicted octanol–water partition coefficient (Wildman–Crippen LogP) is 5.85. The zero-order valence-corrected chi connectivity index (χ0v) is 22.3. The van der Waals surface area contributed by atoms with Gasteiger partial charge in [-0.15, -0.1) is 0 Å². The van der Waals surface area contributed by atoms with Crippen LogP contribution in [0.5, 0.6) is 11.5 Å². The first-order valence-corrected chi connectivity index (χ1v) is 12.5. The molecular weight excluding hydrogens is 569 g/mol. The molecule has 36 heavy (non-hydrogen) atoms. The summed E-state index contributed by atoms with van der Waals surface area (Å²) in [5.41, 5.74) is 4.86. The number of methoxy groups -OCH3 is 1. The van der Waals surface area contributed by atoms with Gasteiger partial charge in [0.2, 0.25) is 11.8 Å². The van der Waals surface area contributed by atoms with E-state index in [-0.39, 0.29) is 24.8 Å². The topological polar surface area (TPSA) is 80.2 Å². The smallest absolute Gasteiger partial charge is 0.245 e. The number of hydrogen-bond acceptors (Lipinski definition) is 5. The molecule has 1 fully saturated rings. The van der Waals surface area contributed by atoms with Crippen LogP contribution in [0.4, 0.5) is 5.69 Å². The third-order valence-corrected chi connectivity index (χ3v) is 6.86. The van der Waals surface area contributed by atoms with Crippen molar-refractivity contribution in [2.75, 3.05) is 18.6 Å². The first-order valence-electron chi connectivity index (χ1n) is 11.0. The minimum atomic E-state index is -0.481. The summed E-state index contributed by atoms with van der Waals surface area (Å²) < 4.78 is 12.2. The molecule has 1 aliphatic rings. The third kappa shape index (κ3) is 6.37. The van der Waals surface area contributed by atoms with E-state index in [2.05, 4.69) is 26.5 Å². The van der Waals surface area contributed by atoms with Crippen LogP contribution in [0.15, 0.2) is 70.2 Å². The molecule has 0 radical (unpaired) electrons. The van der Waals surface area contributed by atoms with Gasteiger partial charge in [-0.05, 0) is 65.7 Å². The van der Waals surface area contributed by atoms with Crippen LogP contribution in [-0.4, -0.2) is 31.7 Å². The Bertz CT molecular complexity index is 1300. The number of amides is 2. The van der Waals surface area contributed by atoms with Crippen molar-refractivity contribution < 1.29 is 19.1 Å². The number of benzene rings is 3. The molecule has 186 valence electrons. The summed E-state index contributed by atoms with van der Waals surface area (Å²) in [7, 11) is 1.54. The second-order valence-corrected chi connectivity index (χ2v) is 9.79. The molecule has 10 heteroatoms. The highest BCUT2D eigenvalue weighted by atomic mass is 79.9. The van der Waals surface area contributed by atoms with E-state index in [9.17, 15) is 9.59 Å². The van der Waals surface area contributed by atoms with Gasteiger partial charge in [0.05, 0.1) is 29.3 Å². The molecule has 4 rings (SSSR count). The van der Waals surface area contributed by atoms with E-state index in [1.54, 1.807) is 42.3 Å². The van der Waals surface area contributed by atoms with Crippen LogP contribution in [0.2, 0.25) is 10.0 Å². The van der Waals surface area contributed by atoms with E-state index >= 15 is 0 Å². The lowest BCUT2D eigenvalue weighted by Crippen LogP contribution is -2.30. The van der Waals surface area contributed by atoms with E-state index in [1.165, 1.54) is 6.21 Å². The number of carbonyl (C=O) groups excluding carboxylic acids is 2. The van der Waals surface area contributed by atoms with Crippen LogP contribution in [0.3, 0.4) is 0 Å². The molecule has 1 saturated heterocycles. The monoisotopic (exact) mass is 589 g/mol. The highest BCUT2D eigenvalue weighted by molar-refractivity contribution is 9.10. The summed E-state index contributed by atoms with van der Waals surface area (Å²) in [6.45, 7) is 0.592. The van der Waals surface area contributed by atoms with E-state index in [4.69, 9.17) is 32.7 Å². The first kappa shape index (κ1) is 26.0. The fourth-order valence-corrected chi connectivity index (χ4v) is 4.27. The van der Waals surface area contributed by atoms with Crippen molar-refractivity contribution in [2.24, 2.45) is 11.0 Å². The molecule has 1 atom stereocenters. The van der Waals surface area contributed by atoms with Gasteiger partial charge < -0.3 is 14.4 Å². The second kappa shape index (κ2) is 11.8. The van der Waals surface area contributed by atoms with E-state index in [0.29, 0.717) is 33.7 Å². The molecule has 2 amide bonds. The lowest BCUT2D eigenvalue weighted by atomic mass is 10.1. The first-order chi connectivity index (χ1) is 17.3. The molecule has 1 heterocycles. The van der Waals surface area contributed by atoms with Crippen LogP contribution in [0, 0.1) is 5.92 Å². The average Bonchev–Trinajstić information content (AvgIpc) is 3.27. The van der Waals surface area contributed by atoms with Gasteiger partial charge in [-0.25, -0.2) is 5.43 Å². The summed E-state index contributed by atoms with van der Waals surface area (Å²) in [5, 5.41) is 4.99. The van der Waals surface area contributed by atoms with Gasteiger partial charge >= 0.3 is 0 Å². The number of anilines is 1. The molecule has 0 aliphatic carbocycles. The minimum absolute atomic E-state index is 0.0948. The summed E-state index contributed by atoms with van der Waals surface area (Å²) >= 11 is 15.4. The molecule has 0 saturated carbocycles. The molecule has 1 aliphatic heterocycles. The van der Waals surface area contributed by atoms with Crippen LogP contribution in [0.1, 0.15) is 17.5 Å². The fourth-order valence-electron chi connectivity index (χ4n) is 3.69. The van der Waals surface area contributed by atoms with Gasteiger partial charge in [-0.2, -0.15) is 5.10 Å². The highest BCUT2D eigenvalue weighted by Gasteiger charge is 2.35. The van der Waals surface area contributed by atoms with Crippen molar-refractivity contribution in [3.63, 3.8) is 0 Å². The molecule has 3 aromatic rings. The van der Waals surface area contributed by atoms with Gasteiger partial charge in [0.25, 0.3) is 0 Å². The van der Waals surface area contributed by atoms with Gasteiger partial charge in [-0.1, -0.05) is 45.2 Å². The average molecular weight is 591 g/mol. The summed E-state index contributed by atoms with van der Waals surface area (Å²) in [5.74, 6) is 0.166. The van der Waals surface area contributed by atoms with Crippen molar-refractivity contribution in [2.45, 2.75) is 13.0 Å². The van der Waals surface area contributed by atoms with Crippen molar-refractivity contribution in [1.82, 2.24) is 5.43 Å². The van der Waals surface area contributed by atoms with Crippen LogP contribution in [-0.2, 0) is 16.2 Å². The second-order valence-electron chi connectivity index (χ2n) is 8.06. The Morgan fingerprint density at radius 3 is 2.61 bits per heavy atom. The van der Waals surface area contributed by atoms with Crippen LogP contribution < -0.4 is 19.8 Å². The molecule has 0 bridgehead atoms. The summed E-state index contributed by atoms with van der Waals surface area (Å²) in [6, 6.07) is 18.0. The van der Waals surface area contributed by atoms with Crippen molar-refractivity contribution >= 4 is 62.8 Å². The number of carbonyl (C=O) groups is 2. The highest BCUT2D eigenvalue weighted by Crippen LogP contribution is 2.30. The van der Waals surface area contributed by atoms with E-state index in [1.807, 2.05) is 30.3 Å². The van der Waals surface area contributed by atoms with Crippen molar-refractivity contribution in [3.05, 3.63) is 86.3 Å². The van der Waals surface area contributed by atoms with Gasteiger partial charge in [0, 0.05) is 23.1 Å². The summed E-state index contributed by atoms with van der Waals surface area (Å²) in [6.07, 6.45) is 1.64. The maximum absolute atomic E-state index is 12.6. The Kier molecular flexibility index (Phi) is 8.51. The maximum Gasteiger partial charge on any atom is 0.245 e. The number of hydrazone groups is 1. The van der Waals surface area contributed by atoms with Gasteiger partial charge in [0.1, 0.15) is 6.61 Å². The quantitative estimate of drug-likeness (QED) is 0.264. The van der Waals surface area contributed by atoms with Crippen molar-refractivity contribution in [3.8, 4) is 11.5 Å². The zero-order valence-electron chi connectivity index (χ0n) is 19.2. The normalized spacial score (nSPS) is 15.4. The number of rotatable bonds is 8. The Balaban J connectivity index is 1.33. The Hall–Kier alpha value is -3.07. The number of hydrogen-bond donors (Lipinski definition) is 1. The Morgan fingerprint density at radius 2 is 1.89 bits per heavy atom. The lowest BCUT2D eigenvalue weighted by molar-refractivity contribution is -0.126. The molecular formula is C26H22BrCl2N3O4. The SMILES string of the molecule is COc1cc(/C=N\NC(=O)[C@H]2CC(=O)N(c3ccc(Br)cc3)C2)ccc1OCc1ccc(Cl)c(Cl)c1. The van der Waals surface area contributed by atoms with E-state index < -0.39 is 5.92 Å². The third-order valence-electron chi connectivity index (χ3n) is 5.59. The molecule has 7 nitrogen and oxygen atoms in total. The molecule has 0 spiro atoms. The molecule has 3 aromatic carbocycles. The van der Waals surface area contributed by atoms with Crippen molar-refractivity contribution in [1.29, 1.82) is 0 Å². The largest absolute Gasteiger partial charge is 0.493 e.